The molecule has 5 unspecified atom stereocenters. The third-order valence-electron chi connectivity index (χ3n) is 10.4. The molecule has 32 heavy (non-hydrogen) atoms. The second-order valence-electron chi connectivity index (χ2n) is 11.7. The van der Waals surface area contributed by atoms with Gasteiger partial charge in [0, 0.05) is 24.2 Å². The van der Waals surface area contributed by atoms with Crippen LogP contribution in [0.1, 0.15) is 82.7 Å². The number of carbonyl (C=O) groups excluding carboxylic acids is 2. The minimum absolute atomic E-state index is 0.0799. The van der Waals surface area contributed by atoms with Crippen LogP contribution in [-0.2, 0) is 14.3 Å². The molecule has 5 aliphatic rings. The average Bonchev–Trinajstić information content (AvgIpc) is 3.40. The molecule has 8 atom stereocenters. The first-order chi connectivity index (χ1) is 15.2. The Balaban J connectivity index is 1.50. The fourth-order valence-electron chi connectivity index (χ4n) is 8.90. The lowest BCUT2D eigenvalue weighted by Crippen LogP contribution is -2.61. The number of ketones is 1. The number of hydrogen-bond donors (Lipinski definition) is 1. The van der Waals surface area contributed by atoms with Crippen molar-refractivity contribution in [3.63, 3.8) is 0 Å². The number of aliphatic hydroxyl groups excluding tert-OH is 1. The van der Waals surface area contributed by atoms with E-state index in [1.807, 2.05) is 19.1 Å². The quantitative estimate of drug-likeness (QED) is 0.634. The number of hydrogen-bond acceptors (Lipinski definition) is 5. The van der Waals surface area contributed by atoms with E-state index < -0.39 is 11.7 Å². The van der Waals surface area contributed by atoms with E-state index in [4.69, 9.17) is 9.15 Å². The minimum atomic E-state index is -0.490. The Hall–Kier alpha value is -1.88. The maximum Gasteiger partial charge on any atom is 0.306 e. The second-order valence-corrected chi connectivity index (χ2v) is 11.7. The van der Waals surface area contributed by atoms with Crippen molar-refractivity contribution in [3.05, 3.63) is 35.3 Å². The minimum Gasteiger partial charge on any atom is -0.466 e. The monoisotopic (exact) mass is 438 g/mol. The lowest BCUT2D eigenvalue weighted by Gasteiger charge is -2.62. The number of fused-ring (bicyclic) bond motifs is 6. The summed E-state index contributed by atoms with van der Waals surface area (Å²) in [6.07, 6.45) is 7.38. The fourth-order valence-corrected chi connectivity index (χ4v) is 8.90. The van der Waals surface area contributed by atoms with Gasteiger partial charge in [0.1, 0.15) is 17.1 Å². The summed E-state index contributed by atoms with van der Waals surface area (Å²) in [5, 5.41) is 11.8. The van der Waals surface area contributed by atoms with Gasteiger partial charge in [-0.1, -0.05) is 19.4 Å². The summed E-state index contributed by atoms with van der Waals surface area (Å²) in [5.41, 5.74) is 0.349. The normalized spacial score (nSPS) is 47.6. The standard InChI is InChI=1S/C27H34O5/c1-15-4-5-21(31-15)18-13-16-12-17(28)6-9-25(16,2)24-20(29)14-26(3)19(23(18)24)7-10-27(26)11-8-22(30)32-27/h4-5,12,18-20,23-24,29H,6-11,13-14H2,1-3H3/t18?,19-,20+,23?,24?,25?,26?,27+/m0/s1. The number of aliphatic hydroxyl groups is 1. The van der Waals surface area contributed by atoms with Gasteiger partial charge in [-0.3, -0.25) is 9.59 Å². The molecule has 1 aromatic heterocycles. The molecular formula is C27H34O5. The van der Waals surface area contributed by atoms with Crippen molar-refractivity contribution < 1.29 is 23.8 Å². The van der Waals surface area contributed by atoms with Gasteiger partial charge >= 0.3 is 5.97 Å². The number of carbonyl (C=O) groups is 2. The van der Waals surface area contributed by atoms with Gasteiger partial charge in [0.25, 0.3) is 0 Å². The van der Waals surface area contributed by atoms with Crippen molar-refractivity contribution in [2.24, 2.45) is 28.6 Å². The number of aryl methyl sites for hydroxylation is 1. The first-order valence-corrected chi connectivity index (χ1v) is 12.4. The maximum absolute atomic E-state index is 12.4. The van der Waals surface area contributed by atoms with Crippen LogP contribution in [0.5, 0.6) is 0 Å². The van der Waals surface area contributed by atoms with E-state index in [0.717, 1.165) is 43.6 Å². The second kappa shape index (κ2) is 6.59. The van der Waals surface area contributed by atoms with Crippen molar-refractivity contribution in [3.8, 4) is 0 Å². The summed E-state index contributed by atoms with van der Waals surface area (Å²) < 4.78 is 12.3. The van der Waals surface area contributed by atoms with Crippen LogP contribution >= 0.6 is 0 Å². The molecule has 1 aliphatic heterocycles. The molecule has 6 rings (SSSR count). The van der Waals surface area contributed by atoms with Gasteiger partial charge in [-0.2, -0.15) is 0 Å². The van der Waals surface area contributed by atoms with E-state index in [-0.39, 0.29) is 40.3 Å². The van der Waals surface area contributed by atoms with Gasteiger partial charge in [-0.05, 0) is 86.8 Å². The highest BCUT2D eigenvalue weighted by Gasteiger charge is 2.70. The van der Waals surface area contributed by atoms with E-state index in [1.54, 1.807) is 0 Å². The van der Waals surface area contributed by atoms with Crippen LogP contribution in [0.15, 0.2) is 28.2 Å². The zero-order valence-electron chi connectivity index (χ0n) is 19.4. The molecule has 5 nitrogen and oxygen atoms in total. The topological polar surface area (TPSA) is 76.7 Å². The summed E-state index contributed by atoms with van der Waals surface area (Å²) in [4.78, 5) is 24.6. The van der Waals surface area contributed by atoms with Gasteiger partial charge < -0.3 is 14.3 Å². The zero-order valence-corrected chi connectivity index (χ0v) is 19.4. The van der Waals surface area contributed by atoms with Crippen LogP contribution in [0.3, 0.4) is 0 Å². The SMILES string of the molecule is Cc1ccc(C2CC3=CC(=O)CCC3(C)C3C2[C@@H]2CC[C@@]4(CCC(=O)O4)C2(C)C[C@H]3O)o1. The highest BCUT2D eigenvalue weighted by atomic mass is 16.6. The third-order valence-corrected chi connectivity index (χ3v) is 10.4. The predicted molar refractivity (Wildman–Crippen MR) is 118 cm³/mol. The molecule has 0 amide bonds. The Bertz CT molecular complexity index is 1020. The zero-order chi connectivity index (χ0) is 22.5. The van der Waals surface area contributed by atoms with E-state index >= 15 is 0 Å². The highest BCUT2D eigenvalue weighted by Crippen LogP contribution is 2.71. The predicted octanol–water partition coefficient (Wildman–Crippen LogP) is 4.86. The summed E-state index contributed by atoms with van der Waals surface area (Å²) in [6.45, 7) is 6.52. The average molecular weight is 439 g/mol. The molecule has 172 valence electrons. The van der Waals surface area contributed by atoms with Crippen molar-refractivity contribution in [2.45, 2.75) is 89.8 Å². The number of allylic oxidation sites excluding steroid dienone is 1. The molecule has 0 bridgehead atoms. The molecule has 4 aliphatic carbocycles. The molecule has 1 N–H and O–H groups in total. The number of ether oxygens (including phenoxy) is 1. The summed E-state index contributed by atoms with van der Waals surface area (Å²) >= 11 is 0. The Morgan fingerprint density at radius 3 is 2.59 bits per heavy atom. The van der Waals surface area contributed by atoms with Gasteiger partial charge in [0.2, 0.25) is 0 Å². The molecular weight excluding hydrogens is 404 g/mol. The molecule has 0 radical (unpaired) electrons. The molecule has 1 saturated heterocycles. The number of furan rings is 1. The van der Waals surface area contributed by atoms with Gasteiger partial charge in [-0.25, -0.2) is 0 Å². The van der Waals surface area contributed by atoms with Gasteiger partial charge in [0.05, 0.1) is 6.10 Å². The van der Waals surface area contributed by atoms with Crippen LogP contribution in [0, 0.1) is 35.5 Å². The van der Waals surface area contributed by atoms with Gasteiger partial charge in [-0.15, -0.1) is 0 Å². The molecule has 0 aromatic carbocycles. The van der Waals surface area contributed by atoms with Crippen LogP contribution in [-0.4, -0.2) is 28.6 Å². The smallest absolute Gasteiger partial charge is 0.306 e. The van der Waals surface area contributed by atoms with Crippen molar-refractivity contribution in [2.75, 3.05) is 0 Å². The van der Waals surface area contributed by atoms with Crippen LogP contribution < -0.4 is 0 Å². The lowest BCUT2D eigenvalue weighted by molar-refractivity contribution is -0.188. The van der Waals surface area contributed by atoms with E-state index in [2.05, 4.69) is 19.9 Å². The summed E-state index contributed by atoms with van der Waals surface area (Å²) in [5.74, 6) is 2.79. The van der Waals surface area contributed by atoms with Crippen molar-refractivity contribution in [1.29, 1.82) is 0 Å². The van der Waals surface area contributed by atoms with E-state index in [9.17, 15) is 14.7 Å². The number of rotatable bonds is 1. The Morgan fingerprint density at radius 1 is 1.09 bits per heavy atom. The summed E-state index contributed by atoms with van der Waals surface area (Å²) in [6, 6.07) is 4.11. The molecule has 3 saturated carbocycles. The molecule has 1 aromatic rings. The third kappa shape index (κ3) is 2.55. The highest BCUT2D eigenvalue weighted by molar-refractivity contribution is 5.91. The Kier molecular flexibility index (Phi) is 4.26. The first kappa shape index (κ1) is 20.7. The fraction of sp³-hybridized carbons (Fsp3) is 0.704. The molecule has 1 spiro atoms. The van der Waals surface area contributed by atoms with Crippen LogP contribution in [0.25, 0.3) is 0 Å². The lowest BCUT2D eigenvalue weighted by atomic mass is 9.43. The molecule has 4 fully saturated rings. The maximum atomic E-state index is 12.4. The van der Waals surface area contributed by atoms with Crippen molar-refractivity contribution >= 4 is 11.8 Å². The van der Waals surface area contributed by atoms with E-state index in [0.29, 0.717) is 25.2 Å². The van der Waals surface area contributed by atoms with Crippen LogP contribution in [0.2, 0.25) is 0 Å². The Morgan fingerprint density at radius 2 is 1.91 bits per heavy atom. The summed E-state index contributed by atoms with van der Waals surface area (Å²) in [7, 11) is 0. The van der Waals surface area contributed by atoms with Gasteiger partial charge in [0.15, 0.2) is 5.78 Å². The molecule has 2 heterocycles. The first-order valence-electron chi connectivity index (χ1n) is 12.4. The molecule has 5 heteroatoms. The largest absolute Gasteiger partial charge is 0.466 e. The van der Waals surface area contributed by atoms with E-state index in [1.165, 1.54) is 5.57 Å². The Labute approximate surface area is 189 Å². The van der Waals surface area contributed by atoms with Crippen LogP contribution in [0.4, 0.5) is 0 Å². The number of esters is 1. The van der Waals surface area contributed by atoms with Crippen molar-refractivity contribution in [1.82, 2.24) is 0 Å².